The number of unbranched alkanes of at least 4 members (excludes halogenated alkanes) is 14. The van der Waals surface area contributed by atoms with Crippen molar-refractivity contribution < 1.29 is 20.1 Å². The number of aliphatic carboxylic acids is 1. The summed E-state index contributed by atoms with van der Waals surface area (Å²) in [6, 6.07) is 0. The molecule has 29 heavy (non-hydrogen) atoms. The van der Waals surface area contributed by atoms with Crippen molar-refractivity contribution in [1.82, 2.24) is 0 Å². The number of hydrogen-bond acceptors (Lipinski definition) is 3. The molecule has 0 spiro atoms. The van der Waals surface area contributed by atoms with Gasteiger partial charge in [-0.2, -0.15) is 0 Å². The van der Waals surface area contributed by atoms with E-state index in [-0.39, 0.29) is 12.2 Å². The van der Waals surface area contributed by atoms with Gasteiger partial charge in [-0.1, -0.05) is 103 Å². The fraction of sp³-hybridized carbons (Fsp3) is 0.960. The fourth-order valence-electron chi connectivity index (χ4n) is 3.90. The lowest BCUT2D eigenvalue weighted by Crippen LogP contribution is -2.13. The summed E-state index contributed by atoms with van der Waals surface area (Å²) < 4.78 is 0. The summed E-state index contributed by atoms with van der Waals surface area (Å²) in [5.74, 6) is -0.678. The van der Waals surface area contributed by atoms with Crippen molar-refractivity contribution in [2.45, 2.75) is 154 Å². The first-order valence-electron chi connectivity index (χ1n) is 12.6. The van der Waals surface area contributed by atoms with Gasteiger partial charge in [-0.05, 0) is 32.1 Å². The number of aliphatic hydroxyl groups excluding tert-OH is 2. The van der Waals surface area contributed by atoms with Crippen molar-refractivity contribution in [3.05, 3.63) is 0 Å². The maximum Gasteiger partial charge on any atom is 0.303 e. The second kappa shape index (κ2) is 22.1. The van der Waals surface area contributed by atoms with E-state index in [0.717, 1.165) is 51.4 Å². The zero-order chi connectivity index (χ0) is 21.6. The highest BCUT2D eigenvalue weighted by molar-refractivity contribution is 5.66. The summed E-state index contributed by atoms with van der Waals surface area (Å²) in [7, 11) is 0. The number of rotatable bonds is 23. The first-order chi connectivity index (χ1) is 14.1. The molecule has 0 fully saturated rings. The van der Waals surface area contributed by atoms with E-state index >= 15 is 0 Å². The van der Waals surface area contributed by atoms with Crippen molar-refractivity contribution in [2.24, 2.45) is 0 Å². The Balaban J connectivity index is 3.26. The van der Waals surface area contributed by atoms with Crippen LogP contribution in [0.1, 0.15) is 142 Å². The van der Waals surface area contributed by atoms with Crippen molar-refractivity contribution >= 4 is 5.97 Å². The van der Waals surface area contributed by atoms with E-state index in [4.69, 9.17) is 5.11 Å². The van der Waals surface area contributed by atoms with E-state index in [2.05, 4.69) is 6.92 Å². The molecule has 0 bridgehead atoms. The number of carbonyl (C=O) groups is 1. The number of aliphatic hydroxyl groups is 2. The van der Waals surface area contributed by atoms with E-state index in [1.165, 1.54) is 77.0 Å². The molecule has 0 heterocycles. The quantitative estimate of drug-likeness (QED) is 0.157. The van der Waals surface area contributed by atoms with Gasteiger partial charge in [0, 0.05) is 6.42 Å². The molecule has 0 aliphatic rings. The standard InChI is InChI=1S/C25H50O4/c1-2-3-4-12-15-18-23(26)21-22-24(27)19-16-13-10-8-6-5-7-9-11-14-17-20-25(28)29/h23-24,26-27H,2-22H2,1H3,(H,28,29). The Morgan fingerprint density at radius 2 is 0.897 bits per heavy atom. The van der Waals surface area contributed by atoms with Crippen molar-refractivity contribution in [1.29, 1.82) is 0 Å². The maximum absolute atomic E-state index is 10.4. The van der Waals surface area contributed by atoms with E-state index in [1.807, 2.05) is 0 Å². The summed E-state index contributed by atoms with van der Waals surface area (Å²) in [4.78, 5) is 10.4. The third kappa shape index (κ3) is 23.5. The summed E-state index contributed by atoms with van der Waals surface area (Å²) in [6.07, 6.45) is 22.2. The van der Waals surface area contributed by atoms with Crippen molar-refractivity contribution in [3.8, 4) is 0 Å². The second-order valence-electron chi connectivity index (χ2n) is 8.91. The largest absolute Gasteiger partial charge is 0.481 e. The fourth-order valence-corrected chi connectivity index (χ4v) is 3.90. The highest BCUT2D eigenvalue weighted by Crippen LogP contribution is 2.16. The van der Waals surface area contributed by atoms with Gasteiger partial charge in [0.2, 0.25) is 0 Å². The average molecular weight is 415 g/mol. The SMILES string of the molecule is CCCCCCCC(O)CCC(O)CCCCCCCCCCCCCC(=O)O. The molecule has 0 aromatic rings. The van der Waals surface area contributed by atoms with Crippen LogP contribution in [0.5, 0.6) is 0 Å². The number of carboxylic acid groups (broad SMARTS) is 1. The third-order valence-corrected chi connectivity index (χ3v) is 5.90. The molecule has 2 unspecified atom stereocenters. The molecule has 0 aliphatic carbocycles. The molecule has 0 aromatic carbocycles. The molecule has 0 aromatic heterocycles. The number of carboxylic acids is 1. The van der Waals surface area contributed by atoms with E-state index in [1.54, 1.807) is 0 Å². The van der Waals surface area contributed by atoms with Gasteiger partial charge in [-0.25, -0.2) is 0 Å². The molecular weight excluding hydrogens is 364 g/mol. The lowest BCUT2D eigenvalue weighted by Gasteiger charge is -2.14. The van der Waals surface area contributed by atoms with Crippen LogP contribution < -0.4 is 0 Å². The minimum atomic E-state index is -0.678. The molecule has 174 valence electrons. The molecule has 0 saturated heterocycles. The van der Waals surface area contributed by atoms with Crippen molar-refractivity contribution in [2.75, 3.05) is 0 Å². The first-order valence-corrected chi connectivity index (χ1v) is 12.6. The molecule has 0 radical (unpaired) electrons. The highest BCUT2D eigenvalue weighted by atomic mass is 16.4. The predicted molar refractivity (Wildman–Crippen MR) is 122 cm³/mol. The topological polar surface area (TPSA) is 77.8 Å². The van der Waals surface area contributed by atoms with Crippen LogP contribution in [0.15, 0.2) is 0 Å². The Hall–Kier alpha value is -0.610. The highest BCUT2D eigenvalue weighted by Gasteiger charge is 2.09. The van der Waals surface area contributed by atoms with Crippen LogP contribution in [-0.4, -0.2) is 33.5 Å². The second-order valence-corrected chi connectivity index (χ2v) is 8.91. The lowest BCUT2D eigenvalue weighted by molar-refractivity contribution is -0.137. The van der Waals surface area contributed by atoms with Gasteiger partial charge in [0.15, 0.2) is 0 Å². The summed E-state index contributed by atoms with van der Waals surface area (Å²) in [6.45, 7) is 2.22. The Morgan fingerprint density at radius 1 is 0.552 bits per heavy atom. The predicted octanol–water partition coefficient (Wildman–Crippen LogP) is 7.00. The van der Waals surface area contributed by atoms with Crippen LogP contribution in [0.25, 0.3) is 0 Å². The smallest absolute Gasteiger partial charge is 0.303 e. The van der Waals surface area contributed by atoms with E-state index < -0.39 is 5.97 Å². The first kappa shape index (κ1) is 28.4. The monoisotopic (exact) mass is 414 g/mol. The van der Waals surface area contributed by atoms with Crippen LogP contribution in [0, 0.1) is 0 Å². The molecule has 2 atom stereocenters. The van der Waals surface area contributed by atoms with Gasteiger partial charge in [-0.15, -0.1) is 0 Å². The minimum absolute atomic E-state index is 0.233. The maximum atomic E-state index is 10.4. The molecule has 0 aliphatic heterocycles. The van der Waals surface area contributed by atoms with Gasteiger partial charge in [0.25, 0.3) is 0 Å². The molecule has 4 heteroatoms. The molecule has 0 saturated carbocycles. The van der Waals surface area contributed by atoms with Gasteiger partial charge in [-0.3, -0.25) is 4.79 Å². The lowest BCUT2D eigenvalue weighted by atomic mass is 10.00. The molecule has 0 rings (SSSR count). The van der Waals surface area contributed by atoms with Crippen molar-refractivity contribution in [3.63, 3.8) is 0 Å². The number of hydrogen-bond donors (Lipinski definition) is 3. The summed E-state index contributed by atoms with van der Waals surface area (Å²) in [5.41, 5.74) is 0. The summed E-state index contributed by atoms with van der Waals surface area (Å²) in [5, 5.41) is 28.7. The zero-order valence-corrected chi connectivity index (χ0v) is 19.3. The molecular formula is C25H50O4. The average Bonchev–Trinajstić information content (AvgIpc) is 2.69. The summed E-state index contributed by atoms with van der Waals surface area (Å²) >= 11 is 0. The van der Waals surface area contributed by atoms with Gasteiger partial charge in [0.05, 0.1) is 12.2 Å². The van der Waals surface area contributed by atoms with Gasteiger partial charge >= 0.3 is 5.97 Å². The molecule has 3 N–H and O–H groups in total. The van der Waals surface area contributed by atoms with Crippen LogP contribution in [0.3, 0.4) is 0 Å². The van der Waals surface area contributed by atoms with E-state index in [0.29, 0.717) is 6.42 Å². The minimum Gasteiger partial charge on any atom is -0.481 e. The Morgan fingerprint density at radius 3 is 1.28 bits per heavy atom. The van der Waals surface area contributed by atoms with E-state index in [9.17, 15) is 15.0 Å². The Bertz CT molecular complexity index is 346. The normalized spacial score (nSPS) is 13.5. The third-order valence-electron chi connectivity index (χ3n) is 5.90. The van der Waals surface area contributed by atoms with Gasteiger partial charge < -0.3 is 15.3 Å². The Labute approximate surface area is 180 Å². The van der Waals surface area contributed by atoms with Gasteiger partial charge in [0.1, 0.15) is 0 Å². The zero-order valence-electron chi connectivity index (χ0n) is 19.3. The molecule has 0 amide bonds. The van der Waals surface area contributed by atoms with Crippen LogP contribution >= 0.6 is 0 Å². The van der Waals surface area contributed by atoms with Crippen LogP contribution in [0.2, 0.25) is 0 Å². The van der Waals surface area contributed by atoms with Crippen LogP contribution in [0.4, 0.5) is 0 Å². The molecule has 4 nitrogen and oxygen atoms in total. The van der Waals surface area contributed by atoms with Crippen LogP contribution in [-0.2, 0) is 4.79 Å². The Kier molecular flexibility index (Phi) is 21.6.